The lowest BCUT2D eigenvalue weighted by Crippen LogP contribution is -1.95. The first-order valence-corrected chi connectivity index (χ1v) is 5.83. The van der Waals surface area contributed by atoms with E-state index in [2.05, 4.69) is 13.8 Å². The van der Waals surface area contributed by atoms with Crippen LogP contribution < -0.4 is 0 Å². The van der Waals surface area contributed by atoms with E-state index in [1.54, 1.807) is 0 Å². The second-order valence-corrected chi connectivity index (χ2v) is 4.18. The molecule has 0 heterocycles. The Hall–Kier alpha value is -1.06. The molecule has 4 nitrogen and oxygen atoms in total. The molecular weight excluding hydrogens is 208 g/mol. The zero-order chi connectivity index (χ0) is 13.0. The van der Waals surface area contributed by atoms with Gasteiger partial charge >= 0.3 is 11.9 Å². The third kappa shape index (κ3) is 23.1. The Kier molecular flexibility index (Phi) is 13.0. The molecular formula is C12H24O4. The summed E-state index contributed by atoms with van der Waals surface area (Å²) in [6, 6.07) is 0. The fourth-order valence-corrected chi connectivity index (χ4v) is 0.990. The highest BCUT2D eigenvalue weighted by Gasteiger charge is 1.97. The van der Waals surface area contributed by atoms with Crippen molar-refractivity contribution in [2.75, 3.05) is 0 Å². The number of carboxylic acid groups (broad SMARTS) is 2. The van der Waals surface area contributed by atoms with Gasteiger partial charge in [0.05, 0.1) is 0 Å². The van der Waals surface area contributed by atoms with E-state index in [1.807, 2.05) is 6.92 Å². The molecule has 0 unspecified atom stereocenters. The van der Waals surface area contributed by atoms with Crippen molar-refractivity contribution in [1.82, 2.24) is 0 Å². The number of carboxylic acids is 2. The monoisotopic (exact) mass is 232 g/mol. The van der Waals surface area contributed by atoms with Crippen LogP contribution in [0.3, 0.4) is 0 Å². The maximum atomic E-state index is 9.98. The molecule has 0 radical (unpaired) electrons. The number of rotatable bonds is 7. The molecule has 4 heteroatoms. The Morgan fingerprint density at radius 1 is 1.00 bits per heavy atom. The smallest absolute Gasteiger partial charge is 0.303 e. The molecule has 0 aromatic carbocycles. The Morgan fingerprint density at radius 2 is 1.44 bits per heavy atom. The molecule has 0 bridgehead atoms. The van der Waals surface area contributed by atoms with Crippen molar-refractivity contribution in [3.63, 3.8) is 0 Å². The maximum absolute atomic E-state index is 9.98. The molecule has 0 aromatic rings. The van der Waals surface area contributed by atoms with Gasteiger partial charge in [0.25, 0.3) is 0 Å². The van der Waals surface area contributed by atoms with Gasteiger partial charge in [-0.05, 0) is 18.8 Å². The van der Waals surface area contributed by atoms with Crippen LogP contribution >= 0.6 is 0 Å². The van der Waals surface area contributed by atoms with Gasteiger partial charge in [0, 0.05) is 12.8 Å². The number of aliphatic carboxylic acids is 2. The zero-order valence-electron chi connectivity index (χ0n) is 10.5. The largest absolute Gasteiger partial charge is 0.481 e. The van der Waals surface area contributed by atoms with Gasteiger partial charge in [0.15, 0.2) is 0 Å². The van der Waals surface area contributed by atoms with Crippen LogP contribution in [0.15, 0.2) is 0 Å². The molecule has 0 rings (SSSR count). The van der Waals surface area contributed by atoms with Gasteiger partial charge in [-0.2, -0.15) is 0 Å². The van der Waals surface area contributed by atoms with Crippen LogP contribution in [0.4, 0.5) is 0 Å². The molecule has 0 atom stereocenters. The van der Waals surface area contributed by atoms with Gasteiger partial charge in [0.2, 0.25) is 0 Å². The average molecular weight is 232 g/mol. The molecule has 0 saturated heterocycles. The van der Waals surface area contributed by atoms with Gasteiger partial charge in [-0.25, -0.2) is 0 Å². The summed E-state index contributed by atoms with van der Waals surface area (Å²) in [5.41, 5.74) is 0. The van der Waals surface area contributed by atoms with Crippen LogP contribution in [0.5, 0.6) is 0 Å². The van der Waals surface area contributed by atoms with E-state index in [-0.39, 0.29) is 0 Å². The second-order valence-electron chi connectivity index (χ2n) is 4.18. The second kappa shape index (κ2) is 12.0. The standard InChI is InChI=1S/C7H14O2.C5H10O2/c1-6(2)4-3-5-7(8)9;1-2-3-4-5(6)7/h6H,3-5H2,1-2H3,(H,8,9);2-4H2,1H3,(H,6,7). The molecule has 2 N–H and O–H groups in total. The first kappa shape index (κ1) is 17.3. The lowest BCUT2D eigenvalue weighted by Gasteiger charge is -1.99. The molecule has 0 spiro atoms. The van der Waals surface area contributed by atoms with Gasteiger partial charge in [-0.15, -0.1) is 0 Å². The predicted molar refractivity (Wildman–Crippen MR) is 63.5 cm³/mol. The third-order valence-electron chi connectivity index (χ3n) is 1.92. The van der Waals surface area contributed by atoms with Crippen LogP contribution in [0.25, 0.3) is 0 Å². The van der Waals surface area contributed by atoms with Gasteiger partial charge in [-0.1, -0.05) is 33.6 Å². The third-order valence-corrected chi connectivity index (χ3v) is 1.92. The van der Waals surface area contributed by atoms with E-state index >= 15 is 0 Å². The number of carbonyl (C=O) groups is 2. The normalized spacial score (nSPS) is 9.50. The van der Waals surface area contributed by atoms with Crippen LogP contribution in [0.1, 0.15) is 59.3 Å². The highest BCUT2D eigenvalue weighted by atomic mass is 16.4. The molecule has 0 saturated carbocycles. The Balaban J connectivity index is 0. The topological polar surface area (TPSA) is 74.6 Å². The highest BCUT2D eigenvalue weighted by molar-refractivity contribution is 5.66. The molecule has 0 amide bonds. The van der Waals surface area contributed by atoms with Crippen molar-refractivity contribution in [3.8, 4) is 0 Å². The lowest BCUT2D eigenvalue weighted by atomic mass is 10.1. The van der Waals surface area contributed by atoms with Gasteiger partial charge in [0.1, 0.15) is 0 Å². The molecule has 0 aromatic heterocycles. The van der Waals surface area contributed by atoms with Crippen molar-refractivity contribution < 1.29 is 19.8 Å². The van der Waals surface area contributed by atoms with Gasteiger partial charge < -0.3 is 10.2 Å². The van der Waals surface area contributed by atoms with Gasteiger partial charge in [-0.3, -0.25) is 9.59 Å². The maximum Gasteiger partial charge on any atom is 0.303 e. The summed E-state index contributed by atoms with van der Waals surface area (Å²) in [7, 11) is 0. The molecule has 0 aliphatic carbocycles. The minimum Gasteiger partial charge on any atom is -0.481 e. The minimum atomic E-state index is -0.693. The molecule has 0 aliphatic rings. The minimum absolute atomic E-state index is 0.316. The molecule has 96 valence electrons. The van der Waals surface area contributed by atoms with Crippen molar-refractivity contribution in [2.24, 2.45) is 5.92 Å². The average Bonchev–Trinajstić information content (AvgIpc) is 2.14. The molecule has 0 aliphatic heterocycles. The van der Waals surface area contributed by atoms with E-state index in [4.69, 9.17) is 10.2 Å². The van der Waals surface area contributed by atoms with Crippen molar-refractivity contribution in [1.29, 1.82) is 0 Å². The zero-order valence-corrected chi connectivity index (χ0v) is 10.5. The van der Waals surface area contributed by atoms with E-state index < -0.39 is 11.9 Å². The highest BCUT2D eigenvalue weighted by Crippen LogP contribution is 2.05. The summed E-state index contributed by atoms with van der Waals surface area (Å²) in [6.07, 6.45) is 4.23. The van der Waals surface area contributed by atoms with E-state index in [9.17, 15) is 9.59 Å². The van der Waals surface area contributed by atoms with Crippen molar-refractivity contribution >= 4 is 11.9 Å². The van der Waals surface area contributed by atoms with E-state index in [0.717, 1.165) is 25.7 Å². The molecule has 0 fully saturated rings. The fraction of sp³-hybridized carbons (Fsp3) is 0.833. The fourth-order valence-electron chi connectivity index (χ4n) is 0.990. The van der Waals surface area contributed by atoms with E-state index in [1.165, 1.54) is 0 Å². The SMILES string of the molecule is CC(C)CCCC(=O)O.CCCCC(=O)O. The first-order chi connectivity index (χ1) is 7.40. The summed E-state index contributed by atoms with van der Waals surface area (Å²) in [6.45, 7) is 6.17. The molecule has 16 heavy (non-hydrogen) atoms. The Labute approximate surface area is 97.7 Å². The van der Waals surface area contributed by atoms with Crippen LogP contribution in [0.2, 0.25) is 0 Å². The van der Waals surface area contributed by atoms with Crippen LogP contribution in [-0.2, 0) is 9.59 Å². The van der Waals surface area contributed by atoms with Crippen molar-refractivity contribution in [2.45, 2.75) is 59.3 Å². The number of hydrogen-bond donors (Lipinski definition) is 2. The summed E-state index contributed by atoms with van der Waals surface area (Å²) in [4.78, 5) is 19.7. The van der Waals surface area contributed by atoms with Crippen LogP contribution in [0, 0.1) is 5.92 Å². The van der Waals surface area contributed by atoms with Crippen molar-refractivity contribution in [3.05, 3.63) is 0 Å². The quantitative estimate of drug-likeness (QED) is 0.707. The van der Waals surface area contributed by atoms with Crippen LogP contribution in [-0.4, -0.2) is 22.2 Å². The Morgan fingerprint density at radius 3 is 1.69 bits per heavy atom. The number of hydrogen-bond acceptors (Lipinski definition) is 2. The van der Waals surface area contributed by atoms with E-state index in [0.29, 0.717) is 18.8 Å². The summed E-state index contributed by atoms with van der Waals surface area (Å²) in [5.74, 6) is -0.748. The first-order valence-electron chi connectivity index (χ1n) is 5.83. The summed E-state index contributed by atoms with van der Waals surface area (Å²) >= 11 is 0. The predicted octanol–water partition coefficient (Wildman–Crippen LogP) is 3.16. The number of unbranched alkanes of at least 4 members (excludes halogenated alkanes) is 1. The summed E-state index contributed by atoms with van der Waals surface area (Å²) in [5, 5.41) is 16.3. The Bertz CT molecular complexity index is 187. The summed E-state index contributed by atoms with van der Waals surface area (Å²) < 4.78 is 0. The lowest BCUT2D eigenvalue weighted by molar-refractivity contribution is -0.138.